The van der Waals surface area contributed by atoms with Crippen molar-refractivity contribution in [2.75, 3.05) is 12.4 Å². The van der Waals surface area contributed by atoms with Gasteiger partial charge in [-0.2, -0.15) is 0 Å². The number of benzene rings is 2. The summed E-state index contributed by atoms with van der Waals surface area (Å²) in [5, 5.41) is 4.86. The fourth-order valence-corrected chi connectivity index (χ4v) is 3.33. The van der Waals surface area contributed by atoms with Crippen LogP contribution in [0.15, 0.2) is 53.9 Å². The predicted octanol–water partition coefficient (Wildman–Crippen LogP) is 5.20. The molecule has 134 valence electrons. The third-order valence-electron chi connectivity index (χ3n) is 3.87. The molecule has 0 atom stereocenters. The first-order valence-electron chi connectivity index (χ1n) is 8.28. The summed E-state index contributed by atoms with van der Waals surface area (Å²) >= 11 is 1.41. The average molecular weight is 367 g/mol. The highest BCUT2D eigenvalue weighted by Gasteiger charge is 2.11. The van der Waals surface area contributed by atoms with Crippen LogP contribution in [0.1, 0.15) is 26.4 Å². The molecule has 0 bridgehead atoms. The molecule has 26 heavy (non-hydrogen) atoms. The summed E-state index contributed by atoms with van der Waals surface area (Å²) in [7, 11) is 1.62. The second kappa shape index (κ2) is 8.06. The molecule has 1 aromatic heterocycles. The zero-order chi connectivity index (χ0) is 18.5. The van der Waals surface area contributed by atoms with Gasteiger partial charge in [0.25, 0.3) is 5.91 Å². The third kappa shape index (κ3) is 4.43. The van der Waals surface area contributed by atoms with Gasteiger partial charge in [-0.25, -0.2) is 0 Å². The lowest BCUT2D eigenvalue weighted by molar-refractivity contribution is 0.103. The Kier molecular flexibility index (Phi) is 5.58. The highest BCUT2D eigenvalue weighted by molar-refractivity contribution is 7.12. The van der Waals surface area contributed by atoms with Crippen LogP contribution in [-0.2, 0) is 6.61 Å². The molecule has 2 aromatic carbocycles. The number of ether oxygens (including phenoxy) is 2. The van der Waals surface area contributed by atoms with Crippen LogP contribution in [0.5, 0.6) is 11.5 Å². The fourth-order valence-electron chi connectivity index (χ4n) is 2.54. The summed E-state index contributed by atoms with van der Waals surface area (Å²) in [6.07, 6.45) is 0. The molecule has 1 amide bonds. The van der Waals surface area contributed by atoms with Crippen molar-refractivity contribution in [3.63, 3.8) is 0 Å². The molecule has 3 aromatic rings. The van der Waals surface area contributed by atoms with Crippen LogP contribution in [0.2, 0.25) is 0 Å². The number of anilines is 1. The van der Waals surface area contributed by atoms with Gasteiger partial charge in [-0.1, -0.05) is 18.2 Å². The van der Waals surface area contributed by atoms with Crippen molar-refractivity contribution in [1.82, 2.24) is 0 Å². The molecule has 0 aliphatic carbocycles. The molecule has 1 N–H and O–H groups in total. The van der Waals surface area contributed by atoms with Gasteiger partial charge >= 0.3 is 0 Å². The number of carbonyl (C=O) groups excluding carboxylic acids is 1. The van der Waals surface area contributed by atoms with Gasteiger partial charge in [-0.05, 0) is 60.7 Å². The lowest BCUT2D eigenvalue weighted by atomic mass is 10.2. The molecule has 1 heterocycles. The molecule has 0 saturated heterocycles. The van der Waals surface area contributed by atoms with E-state index in [9.17, 15) is 4.79 Å². The minimum atomic E-state index is -0.111. The monoisotopic (exact) mass is 367 g/mol. The Morgan fingerprint density at radius 2 is 1.85 bits per heavy atom. The van der Waals surface area contributed by atoms with Crippen molar-refractivity contribution >= 4 is 22.9 Å². The smallest absolute Gasteiger partial charge is 0.265 e. The van der Waals surface area contributed by atoms with Crippen molar-refractivity contribution in [1.29, 1.82) is 0 Å². The number of nitrogens with one attached hydrogen (secondary N) is 1. The van der Waals surface area contributed by atoms with E-state index in [-0.39, 0.29) is 5.91 Å². The highest BCUT2D eigenvalue weighted by atomic mass is 32.1. The van der Waals surface area contributed by atoms with E-state index >= 15 is 0 Å². The fraction of sp³-hybridized carbons (Fsp3) is 0.190. The van der Waals surface area contributed by atoms with Crippen LogP contribution in [0.25, 0.3) is 0 Å². The standard InChI is InChI=1S/C21H21NO3S/c1-14-5-4-6-17(9-14)22-21(23)20-11-16(13-26-20)12-25-18-8-7-15(2)10-19(18)24-3/h4-11,13H,12H2,1-3H3,(H,22,23). The van der Waals surface area contributed by atoms with Gasteiger partial charge in [-0.3, -0.25) is 4.79 Å². The van der Waals surface area contributed by atoms with Gasteiger partial charge < -0.3 is 14.8 Å². The van der Waals surface area contributed by atoms with Crippen molar-refractivity contribution in [3.8, 4) is 11.5 Å². The Bertz CT molecular complexity index is 917. The number of thiophene rings is 1. The van der Waals surface area contributed by atoms with E-state index in [2.05, 4.69) is 5.32 Å². The Hall–Kier alpha value is -2.79. The maximum absolute atomic E-state index is 12.4. The molecule has 0 fully saturated rings. The van der Waals surface area contributed by atoms with Crippen molar-refractivity contribution < 1.29 is 14.3 Å². The number of carbonyl (C=O) groups is 1. The Morgan fingerprint density at radius 3 is 2.62 bits per heavy atom. The van der Waals surface area contributed by atoms with Crippen LogP contribution >= 0.6 is 11.3 Å². The van der Waals surface area contributed by atoms with Crippen molar-refractivity contribution in [2.45, 2.75) is 20.5 Å². The number of methoxy groups -OCH3 is 1. The molecule has 0 aliphatic heterocycles. The van der Waals surface area contributed by atoms with Crippen molar-refractivity contribution in [3.05, 3.63) is 75.5 Å². The lowest BCUT2D eigenvalue weighted by Crippen LogP contribution is -2.10. The average Bonchev–Trinajstić information content (AvgIpc) is 3.09. The van der Waals surface area contributed by atoms with Crippen LogP contribution in [0, 0.1) is 13.8 Å². The minimum absolute atomic E-state index is 0.111. The summed E-state index contributed by atoms with van der Waals surface area (Å²) in [6, 6.07) is 15.4. The minimum Gasteiger partial charge on any atom is -0.493 e. The Balaban J connectivity index is 1.63. The molecule has 0 radical (unpaired) electrons. The summed E-state index contributed by atoms with van der Waals surface area (Å²) in [5.74, 6) is 1.28. The zero-order valence-corrected chi connectivity index (χ0v) is 15.9. The van der Waals surface area contributed by atoms with Crippen LogP contribution < -0.4 is 14.8 Å². The van der Waals surface area contributed by atoms with Gasteiger partial charge in [0.05, 0.1) is 12.0 Å². The maximum Gasteiger partial charge on any atom is 0.265 e. The molecular weight excluding hydrogens is 346 g/mol. The Morgan fingerprint density at radius 1 is 1.04 bits per heavy atom. The van der Waals surface area contributed by atoms with Gasteiger partial charge in [0.15, 0.2) is 11.5 Å². The summed E-state index contributed by atoms with van der Waals surface area (Å²) in [5.41, 5.74) is 3.97. The number of hydrogen-bond donors (Lipinski definition) is 1. The summed E-state index contributed by atoms with van der Waals surface area (Å²) < 4.78 is 11.2. The van der Waals surface area contributed by atoms with E-state index in [1.165, 1.54) is 11.3 Å². The predicted molar refractivity (Wildman–Crippen MR) is 106 cm³/mol. The Labute approximate surface area is 157 Å². The van der Waals surface area contributed by atoms with E-state index in [0.29, 0.717) is 23.0 Å². The summed E-state index contributed by atoms with van der Waals surface area (Å²) in [4.78, 5) is 13.0. The SMILES string of the molecule is COc1cc(C)ccc1OCc1csc(C(=O)Nc2cccc(C)c2)c1. The van der Waals surface area contributed by atoms with Gasteiger partial charge in [0.2, 0.25) is 0 Å². The molecule has 0 saturated carbocycles. The number of hydrogen-bond acceptors (Lipinski definition) is 4. The number of aryl methyl sites for hydroxylation is 2. The second-order valence-corrected chi connectivity index (χ2v) is 7.00. The third-order valence-corrected chi connectivity index (χ3v) is 4.84. The lowest BCUT2D eigenvalue weighted by Gasteiger charge is -2.10. The van der Waals surface area contributed by atoms with E-state index in [0.717, 1.165) is 22.4 Å². The van der Waals surface area contributed by atoms with Crippen molar-refractivity contribution in [2.24, 2.45) is 0 Å². The van der Waals surface area contributed by atoms with Crippen LogP contribution in [-0.4, -0.2) is 13.0 Å². The first kappa shape index (κ1) is 18.0. The molecule has 0 unspecified atom stereocenters. The van der Waals surface area contributed by atoms with E-state index in [4.69, 9.17) is 9.47 Å². The molecule has 0 aliphatic rings. The zero-order valence-electron chi connectivity index (χ0n) is 15.0. The van der Waals surface area contributed by atoms with E-state index in [1.807, 2.05) is 67.8 Å². The molecule has 5 heteroatoms. The van der Waals surface area contributed by atoms with Gasteiger partial charge in [-0.15, -0.1) is 11.3 Å². The first-order valence-corrected chi connectivity index (χ1v) is 9.16. The number of rotatable bonds is 6. The molecule has 0 spiro atoms. The molecule has 4 nitrogen and oxygen atoms in total. The highest BCUT2D eigenvalue weighted by Crippen LogP contribution is 2.29. The molecule has 3 rings (SSSR count). The quantitative estimate of drug-likeness (QED) is 0.651. The molecular formula is C21H21NO3S. The van der Waals surface area contributed by atoms with Crippen LogP contribution in [0.3, 0.4) is 0 Å². The van der Waals surface area contributed by atoms with Gasteiger partial charge in [0, 0.05) is 11.3 Å². The first-order chi connectivity index (χ1) is 12.5. The van der Waals surface area contributed by atoms with Gasteiger partial charge in [0.1, 0.15) is 6.61 Å². The van der Waals surface area contributed by atoms with E-state index < -0.39 is 0 Å². The largest absolute Gasteiger partial charge is 0.493 e. The normalized spacial score (nSPS) is 10.4. The topological polar surface area (TPSA) is 47.6 Å². The number of amides is 1. The summed E-state index contributed by atoms with van der Waals surface area (Å²) in [6.45, 7) is 4.38. The second-order valence-electron chi connectivity index (χ2n) is 6.09. The van der Waals surface area contributed by atoms with Crippen LogP contribution in [0.4, 0.5) is 5.69 Å². The maximum atomic E-state index is 12.4. The van der Waals surface area contributed by atoms with E-state index in [1.54, 1.807) is 7.11 Å².